The number of alkyl halides is 3. The van der Waals surface area contributed by atoms with Crippen molar-refractivity contribution >= 4 is 15.9 Å². The molecule has 0 spiro atoms. The molecule has 1 aromatic rings. The molecule has 1 aliphatic heterocycles. The number of ketones is 1. The van der Waals surface area contributed by atoms with Crippen molar-refractivity contribution in [1.82, 2.24) is 5.32 Å². The maximum Gasteiger partial charge on any atom is 0.534 e. The van der Waals surface area contributed by atoms with Crippen molar-refractivity contribution in [1.29, 1.82) is 0 Å². The van der Waals surface area contributed by atoms with Gasteiger partial charge in [0.2, 0.25) is 0 Å². The van der Waals surface area contributed by atoms with Crippen LogP contribution in [0, 0.1) is 0 Å². The predicted molar refractivity (Wildman–Crippen MR) is 88.0 cm³/mol. The number of rotatable bonds is 3. The predicted octanol–water partition coefficient (Wildman–Crippen LogP) is 3.24. The van der Waals surface area contributed by atoms with Crippen LogP contribution < -0.4 is 9.50 Å². The maximum atomic E-state index is 14.5. The summed E-state index contributed by atoms with van der Waals surface area (Å²) < 4.78 is 78.7. The third-order valence-electron chi connectivity index (χ3n) is 4.37. The van der Waals surface area contributed by atoms with Crippen LogP contribution in [-0.2, 0) is 21.3 Å². The summed E-state index contributed by atoms with van der Waals surface area (Å²) in [4.78, 5) is 11.5. The van der Waals surface area contributed by atoms with E-state index in [0.29, 0.717) is 24.1 Å². The van der Waals surface area contributed by atoms with Crippen molar-refractivity contribution in [3.05, 3.63) is 52.4 Å². The lowest BCUT2D eigenvalue weighted by atomic mass is 9.83. The van der Waals surface area contributed by atoms with Crippen LogP contribution in [0.4, 0.5) is 17.6 Å². The zero-order valence-corrected chi connectivity index (χ0v) is 14.9. The zero-order valence-electron chi connectivity index (χ0n) is 14.1. The SMILES string of the molecule is CC1=CC(=O)CC(F)=C1C1NCCc2ccc(OS(=O)(=O)C(F)(F)F)cc21. The fourth-order valence-corrected chi connectivity index (χ4v) is 3.68. The summed E-state index contributed by atoms with van der Waals surface area (Å²) in [5, 5.41) is 3.06. The number of benzene rings is 1. The number of hydrogen-bond donors (Lipinski definition) is 1. The quantitative estimate of drug-likeness (QED) is 0.475. The largest absolute Gasteiger partial charge is 0.534 e. The lowest BCUT2D eigenvalue weighted by molar-refractivity contribution is -0.114. The second kappa shape index (κ2) is 6.75. The molecule has 0 amide bonds. The monoisotopic (exact) mass is 405 g/mol. The summed E-state index contributed by atoms with van der Waals surface area (Å²) >= 11 is 0. The minimum atomic E-state index is -5.81. The molecule has 10 heteroatoms. The molecule has 1 atom stereocenters. The first-order valence-electron chi connectivity index (χ1n) is 7.96. The second-order valence-electron chi connectivity index (χ2n) is 6.27. The van der Waals surface area contributed by atoms with Gasteiger partial charge < -0.3 is 9.50 Å². The molecule has 0 saturated carbocycles. The van der Waals surface area contributed by atoms with Crippen LogP contribution in [0.1, 0.15) is 30.5 Å². The molecule has 0 bridgehead atoms. The first kappa shape index (κ1) is 19.6. The normalized spacial score (nSPS) is 21.0. The van der Waals surface area contributed by atoms with Crippen molar-refractivity contribution in [3.63, 3.8) is 0 Å². The Bertz CT molecular complexity index is 964. The maximum absolute atomic E-state index is 14.5. The number of halogens is 4. The molecule has 1 aliphatic carbocycles. The van der Waals surface area contributed by atoms with Gasteiger partial charge in [0.05, 0.1) is 12.5 Å². The molecule has 2 aliphatic rings. The van der Waals surface area contributed by atoms with Crippen LogP contribution in [-0.4, -0.2) is 26.3 Å². The van der Waals surface area contributed by atoms with E-state index < -0.39 is 39.7 Å². The summed E-state index contributed by atoms with van der Waals surface area (Å²) in [6, 6.07) is 3.01. The fourth-order valence-electron chi connectivity index (χ4n) is 3.23. The zero-order chi connectivity index (χ0) is 20.0. The Hall–Kier alpha value is -2.20. The molecular weight excluding hydrogens is 390 g/mol. The number of carbonyl (C=O) groups is 1. The van der Waals surface area contributed by atoms with Gasteiger partial charge in [0.25, 0.3) is 0 Å². The van der Waals surface area contributed by atoms with Gasteiger partial charge in [-0.25, -0.2) is 4.39 Å². The van der Waals surface area contributed by atoms with Crippen LogP contribution in [0.2, 0.25) is 0 Å². The topological polar surface area (TPSA) is 72.5 Å². The number of fused-ring (bicyclic) bond motifs is 1. The standard InChI is InChI=1S/C17H15F4NO4S/c1-9-6-11(23)7-14(18)15(9)16-13-8-12(3-2-10(13)4-5-22-16)26-27(24,25)17(19,20)21/h2-3,6,8,16,22H,4-5,7H2,1H3. The Labute approximate surface area is 152 Å². The molecule has 0 aromatic heterocycles. The Balaban J connectivity index is 2.02. The van der Waals surface area contributed by atoms with E-state index in [-0.39, 0.29) is 11.4 Å². The van der Waals surface area contributed by atoms with Gasteiger partial charge in [0, 0.05) is 12.1 Å². The molecule has 0 fully saturated rings. The van der Waals surface area contributed by atoms with E-state index in [1.54, 1.807) is 6.92 Å². The fraction of sp³-hybridized carbons (Fsp3) is 0.353. The molecule has 0 saturated heterocycles. The van der Waals surface area contributed by atoms with Crippen LogP contribution in [0.15, 0.2) is 41.2 Å². The first-order valence-corrected chi connectivity index (χ1v) is 9.37. The lowest BCUT2D eigenvalue weighted by Gasteiger charge is -2.31. The van der Waals surface area contributed by atoms with Crippen LogP contribution >= 0.6 is 0 Å². The van der Waals surface area contributed by atoms with Crippen molar-refractivity contribution in [2.24, 2.45) is 0 Å². The van der Waals surface area contributed by atoms with Crippen molar-refractivity contribution in [3.8, 4) is 5.75 Å². The van der Waals surface area contributed by atoms with E-state index in [4.69, 9.17) is 0 Å². The van der Waals surface area contributed by atoms with E-state index in [2.05, 4.69) is 9.50 Å². The minimum absolute atomic E-state index is 0.228. The third-order valence-corrected chi connectivity index (χ3v) is 5.35. The van der Waals surface area contributed by atoms with Gasteiger partial charge in [0.15, 0.2) is 5.78 Å². The highest BCUT2D eigenvalue weighted by atomic mass is 32.2. The molecule has 27 heavy (non-hydrogen) atoms. The van der Waals surface area contributed by atoms with Crippen molar-refractivity contribution < 1.29 is 35.0 Å². The van der Waals surface area contributed by atoms with Gasteiger partial charge in [0.1, 0.15) is 11.6 Å². The van der Waals surface area contributed by atoms with E-state index in [9.17, 15) is 30.8 Å². The summed E-state index contributed by atoms with van der Waals surface area (Å²) in [7, 11) is -5.81. The summed E-state index contributed by atoms with van der Waals surface area (Å²) in [6.07, 6.45) is 1.44. The lowest BCUT2D eigenvalue weighted by Crippen LogP contribution is -2.33. The number of nitrogens with one attached hydrogen (secondary N) is 1. The molecule has 5 nitrogen and oxygen atoms in total. The molecule has 146 valence electrons. The van der Waals surface area contributed by atoms with E-state index in [1.165, 1.54) is 12.1 Å². The summed E-state index contributed by atoms with van der Waals surface area (Å²) in [5.41, 5.74) is -3.79. The number of hydrogen-bond acceptors (Lipinski definition) is 5. The molecule has 1 unspecified atom stereocenters. The third kappa shape index (κ3) is 3.77. The number of carbonyl (C=O) groups excluding carboxylic acids is 1. The first-order chi connectivity index (χ1) is 12.5. The van der Waals surface area contributed by atoms with Crippen LogP contribution in [0.5, 0.6) is 5.75 Å². The average molecular weight is 405 g/mol. The van der Waals surface area contributed by atoms with Gasteiger partial charge >= 0.3 is 15.6 Å². The van der Waals surface area contributed by atoms with Crippen molar-refractivity contribution in [2.75, 3.05) is 6.54 Å². The number of allylic oxidation sites excluding steroid dienone is 2. The Kier molecular flexibility index (Phi) is 4.89. The highest BCUT2D eigenvalue weighted by molar-refractivity contribution is 7.88. The van der Waals surface area contributed by atoms with Gasteiger partial charge in [-0.1, -0.05) is 6.07 Å². The van der Waals surface area contributed by atoms with Crippen molar-refractivity contribution in [2.45, 2.75) is 31.3 Å². The average Bonchev–Trinajstić information content (AvgIpc) is 2.53. The molecule has 3 rings (SSSR count). The molecule has 1 heterocycles. The smallest absolute Gasteiger partial charge is 0.376 e. The van der Waals surface area contributed by atoms with Crippen LogP contribution in [0.3, 0.4) is 0 Å². The van der Waals surface area contributed by atoms with Gasteiger partial charge in [-0.3, -0.25) is 4.79 Å². The van der Waals surface area contributed by atoms with E-state index in [1.807, 2.05) is 0 Å². The Morgan fingerprint density at radius 3 is 2.59 bits per heavy atom. The van der Waals surface area contributed by atoms with Crippen LogP contribution in [0.25, 0.3) is 0 Å². The van der Waals surface area contributed by atoms with Gasteiger partial charge in [-0.2, -0.15) is 21.6 Å². The Morgan fingerprint density at radius 2 is 1.96 bits per heavy atom. The highest BCUT2D eigenvalue weighted by Gasteiger charge is 2.48. The van der Waals surface area contributed by atoms with E-state index in [0.717, 1.165) is 17.7 Å². The molecule has 1 N–H and O–H groups in total. The van der Waals surface area contributed by atoms with Gasteiger partial charge in [-0.05, 0) is 48.3 Å². The molecular formula is C17H15F4NO4S. The summed E-state index contributed by atoms with van der Waals surface area (Å²) in [6.45, 7) is 2.05. The summed E-state index contributed by atoms with van der Waals surface area (Å²) in [5.74, 6) is -1.52. The van der Waals surface area contributed by atoms with E-state index >= 15 is 0 Å². The Morgan fingerprint density at radius 1 is 1.26 bits per heavy atom. The van der Waals surface area contributed by atoms with Gasteiger partial charge in [-0.15, -0.1) is 0 Å². The minimum Gasteiger partial charge on any atom is -0.376 e. The molecule has 0 radical (unpaired) electrons. The highest BCUT2D eigenvalue weighted by Crippen LogP contribution is 2.39. The molecule has 1 aromatic carbocycles. The second-order valence-corrected chi connectivity index (χ2v) is 7.81.